The van der Waals surface area contributed by atoms with E-state index in [0.29, 0.717) is 25.0 Å². The van der Waals surface area contributed by atoms with Crippen molar-refractivity contribution in [1.29, 1.82) is 0 Å². The molecule has 0 amide bonds. The lowest BCUT2D eigenvalue weighted by molar-refractivity contribution is 0.248. The van der Waals surface area contributed by atoms with Crippen LogP contribution in [-0.4, -0.2) is 93.6 Å². The van der Waals surface area contributed by atoms with Crippen LogP contribution in [0.3, 0.4) is 0 Å². The second kappa shape index (κ2) is 9.88. The molecule has 1 atom stereocenters. The Kier molecular flexibility index (Phi) is 8.42. The molecule has 0 spiro atoms. The van der Waals surface area contributed by atoms with E-state index in [2.05, 4.69) is 20.1 Å². The van der Waals surface area contributed by atoms with Gasteiger partial charge < -0.3 is 10.2 Å². The van der Waals surface area contributed by atoms with Gasteiger partial charge in [-0.1, -0.05) is 0 Å². The molecule has 0 aromatic heterocycles. The van der Waals surface area contributed by atoms with Crippen molar-refractivity contribution in [2.75, 3.05) is 59.1 Å². The highest BCUT2D eigenvalue weighted by atomic mass is 127. The van der Waals surface area contributed by atoms with Crippen LogP contribution in [0.15, 0.2) is 4.99 Å². The highest BCUT2D eigenvalue weighted by Crippen LogP contribution is 2.21. The maximum Gasteiger partial charge on any atom is 0.211 e. The standard InChI is InChI=1S/C17H33N5O2S.HI/c1-18-17(21-10-7-16(14-21)20-8-3-4-9-20)19-13-15-5-11-22(12-6-15)25(2,23)24;/h15-16H,3-14H2,1-2H3,(H,18,19);1H. The Morgan fingerprint density at radius 2 is 1.73 bits per heavy atom. The molecule has 3 fully saturated rings. The van der Waals surface area contributed by atoms with Crippen molar-refractivity contribution in [3.63, 3.8) is 0 Å². The maximum atomic E-state index is 11.6. The molecule has 7 nitrogen and oxygen atoms in total. The third-order valence-corrected chi connectivity index (χ3v) is 7.23. The van der Waals surface area contributed by atoms with Gasteiger partial charge in [0.1, 0.15) is 0 Å². The monoisotopic (exact) mass is 499 g/mol. The van der Waals surface area contributed by atoms with Crippen LogP contribution in [-0.2, 0) is 10.0 Å². The maximum absolute atomic E-state index is 11.6. The average molecular weight is 499 g/mol. The fourth-order valence-electron chi connectivity index (χ4n) is 4.35. The molecule has 1 N–H and O–H groups in total. The van der Waals surface area contributed by atoms with Crippen molar-refractivity contribution in [3.8, 4) is 0 Å². The minimum Gasteiger partial charge on any atom is -0.356 e. The summed E-state index contributed by atoms with van der Waals surface area (Å²) in [6.07, 6.45) is 7.07. The lowest BCUT2D eigenvalue weighted by Crippen LogP contribution is -2.46. The molecule has 0 aromatic rings. The Bertz CT molecular complexity index is 572. The van der Waals surface area contributed by atoms with Crippen LogP contribution in [0.25, 0.3) is 0 Å². The average Bonchev–Trinajstić information content (AvgIpc) is 3.26. The van der Waals surface area contributed by atoms with E-state index >= 15 is 0 Å². The van der Waals surface area contributed by atoms with Crippen LogP contribution in [0.1, 0.15) is 32.1 Å². The number of likely N-dealkylation sites (tertiary alicyclic amines) is 2. The normalized spacial score (nSPS) is 26.9. The van der Waals surface area contributed by atoms with Crippen molar-refractivity contribution >= 4 is 40.0 Å². The smallest absolute Gasteiger partial charge is 0.211 e. The van der Waals surface area contributed by atoms with Crippen LogP contribution in [0.2, 0.25) is 0 Å². The van der Waals surface area contributed by atoms with E-state index in [0.717, 1.165) is 38.4 Å². The summed E-state index contributed by atoms with van der Waals surface area (Å²) >= 11 is 0. The minimum atomic E-state index is -3.04. The van der Waals surface area contributed by atoms with E-state index in [-0.39, 0.29) is 24.0 Å². The second-order valence-electron chi connectivity index (χ2n) is 7.67. The molecule has 0 aromatic carbocycles. The molecule has 3 heterocycles. The van der Waals surface area contributed by atoms with E-state index in [1.807, 2.05) is 7.05 Å². The Morgan fingerprint density at radius 1 is 1.08 bits per heavy atom. The van der Waals surface area contributed by atoms with E-state index in [4.69, 9.17) is 0 Å². The number of hydrogen-bond acceptors (Lipinski definition) is 4. The Hall–Kier alpha value is -0.130. The Labute approximate surface area is 175 Å². The van der Waals surface area contributed by atoms with Crippen LogP contribution in [0.5, 0.6) is 0 Å². The largest absolute Gasteiger partial charge is 0.356 e. The highest BCUT2D eigenvalue weighted by Gasteiger charge is 2.31. The summed E-state index contributed by atoms with van der Waals surface area (Å²) in [6, 6.07) is 0.680. The van der Waals surface area contributed by atoms with Crippen LogP contribution in [0, 0.1) is 5.92 Å². The number of piperidine rings is 1. The molecular formula is C17H34IN5O2S. The van der Waals surface area contributed by atoms with Gasteiger partial charge >= 0.3 is 0 Å². The first-order valence-corrected chi connectivity index (χ1v) is 11.5. The third kappa shape index (κ3) is 5.68. The Balaban J connectivity index is 0.00000243. The van der Waals surface area contributed by atoms with Crippen molar-refractivity contribution in [1.82, 2.24) is 19.4 Å². The lowest BCUT2D eigenvalue weighted by Gasteiger charge is -2.31. The van der Waals surface area contributed by atoms with Gasteiger partial charge in [0.15, 0.2) is 5.96 Å². The topological polar surface area (TPSA) is 68.2 Å². The number of aliphatic imine (C=N–C) groups is 1. The SMILES string of the molecule is CN=C(NCC1CCN(S(C)(=O)=O)CC1)N1CCC(N2CCCC2)C1.I. The van der Waals surface area contributed by atoms with E-state index in [1.165, 1.54) is 38.6 Å². The van der Waals surface area contributed by atoms with Crippen molar-refractivity contribution in [3.05, 3.63) is 0 Å². The molecule has 26 heavy (non-hydrogen) atoms. The molecule has 3 saturated heterocycles. The van der Waals surface area contributed by atoms with Gasteiger partial charge in [-0.3, -0.25) is 9.89 Å². The minimum absolute atomic E-state index is 0. The number of guanidine groups is 1. The summed E-state index contributed by atoms with van der Waals surface area (Å²) in [6.45, 7) is 6.83. The van der Waals surface area contributed by atoms with Crippen molar-refractivity contribution in [2.45, 2.75) is 38.1 Å². The zero-order valence-corrected chi connectivity index (χ0v) is 19.2. The number of nitrogens with zero attached hydrogens (tertiary/aromatic N) is 4. The zero-order valence-electron chi connectivity index (χ0n) is 16.1. The molecule has 9 heteroatoms. The van der Waals surface area contributed by atoms with Crippen molar-refractivity contribution < 1.29 is 8.42 Å². The van der Waals surface area contributed by atoms with Gasteiger partial charge in [-0.25, -0.2) is 12.7 Å². The predicted octanol–water partition coefficient (Wildman–Crippen LogP) is 1.02. The summed E-state index contributed by atoms with van der Waals surface area (Å²) in [5.74, 6) is 1.53. The fraction of sp³-hybridized carbons (Fsp3) is 0.941. The highest BCUT2D eigenvalue weighted by molar-refractivity contribution is 14.0. The summed E-state index contributed by atoms with van der Waals surface area (Å²) < 4.78 is 24.8. The van der Waals surface area contributed by atoms with Gasteiger partial charge in [-0.05, 0) is 51.1 Å². The first kappa shape index (κ1) is 22.2. The quantitative estimate of drug-likeness (QED) is 0.356. The van der Waals surface area contributed by atoms with Crippen LogP contribution < -0.4 is 5.32 Å². The number of hydrogen-bond donors (Lipinski definition) is 1. The first-order valence-electron chi connectivity index (χ1n) is 9.62. The molecule has 0 radical (unpaired) electrons. The third-order valence-electron chi connectivity index (χ3n) is 5.92. The molecule has 3 aliphatic heterocycles. The second-order valence-corrected chi connectivity index (χ2v) is 9.65. The van der Waals surface area contributed by atoms with Gasteiger partial charge in [0, 0.05) is 45.8 Å². The van der Waals surface area contributed by atoms with Gasteiger partial charge in [0.2, 0.25) is 10.0 Å². The molecule has 0 saturated carbocycles. The molecule has 0 bridgehead atoms. The van der Waals surface area contributed by atoms with Gasteiger partial charge in [-0.15, -0.1) is 24.0 Å². The van der Waals surface area contributed by atoms with Crippen LogP contribution in [0.4, 0.5) is 0 Å². The summed E-state index contributed by atoms with van der Waals surface area (Å²) in [5.41, 5.74) is 0. The summed E-state index contributed by atoms with van der Waals surface area (Å²) in [5, 5.41) is 3.54. The molecule has 3 rings (SSSR count). The van der Waals surface area contributed by atoms with Gasteiger partial charge in [-0.2, -0.15) is 0 Å². The predicted molar refractivity (Wildman–Crippen MR) is 117 cm³/mol. The van der Waals surface area contributed by atoms with Crippen LogP contribution >= 0.6 is 24.0 Å². The fourth-order valence-corrected chi connectivity index (χ4v) is 5.23. The van der Waals surface area contributed by atoms with E-state index < -0.39 is 10.0 Å². The van der Waals surface area contributed by atoms with E-state index in [9.17, 15) is 8.42 Å². The number of nitrogens with one attached hydrogen (secondary N) is 1. The van der Waals surface area contributed by atoms with Gasteiger partial charge in [0.25, 0.3) is 0 Å². The molecule has 152 valence electrons. The summed E-state index contributed by atoms with van der Waals surface area (Å²) in [4.78, 5) is 9.49. The molecular weight excluding hydrogens is 465 g/mol. The lowest BCUT2D eigenvalue weighted by atomic mass is 9.98. The number of halogens is 1. The number of sulfonamides is 1. The van der Waals surface area contributed by atoms with Crippen molar-refractivity contribution in [2.24, 2.45) is 10.9 Å². The number of rotatable bonds is 4. The first-order chi connectivity index (χ1) is 12.0. The van der Waals surface area contributed by atoms with Gasteiger partial charge in [0.05, 0.1) is 6.26 Å². The summed E-state index contributed by atoms with van der Waals surface area (Å²) in [7, 11) is -1.18. The molecule has 3 aliphatic rings. The molecule has 0 aliphatic carbocycles. The molecule has 1 unspecified atom stereocenters. The zero-order chi connectivity index (χ0) is 17.9. The van der Waals surface area contributed by atoms with E-state index in [1.54, 1.807) is 4.31 Å². The Morgan fingerprint density at radius 3 is 2.31 bits per heavy atom.